The van der Waals surface area contributed by atoms with Crippen molar-refractivity contribution < 1.29 is 8.42 Å². The van der Waals surface area contributed by atoms with Crippen molar-refractivity contribution in [3.63, 3.8) is 0 Å². The Morgan fingerprint density at radius 1 is 1.50 bits per heavy atom. The molecule has 1 heterocycles. The molecule has 18 heavy (non-hydrogen) atoms. The molecule has 1 fully saturated rings. The van der Waals surface area contributed by atoms with Crippen LogP contribution in [0.4, 0.5) is 0 Å². The van der Waals surface area contributed by atoms with Crippen molar-refractivity contribution in [3.8, 4) is 6.07 Å². The maximum absolute atomic E-state index is 12.2. The minimum Gasteiger partial charge on any atom is -0.207 e. The van der Waals surface area contributed by atoms with E-state index in [-0.39, 0.29) is 4.90 Å². The Kier molecular flexibility index (Phi) is 4.02. The Labute approximate surface area is 119 Å². The average molecular weight is 347 g/mol. The fourth-order valence-electron chi connectivity index (χ4n) is 1.71. The van der Waals surface area contributed by atoms with E-state index < -0.39 is 15.6 Å². The second kappa shape index (κ2) is 5.21. The first-order valence-electron chi connectivity index (χ1n) is 5.26. The predicted octanol–water partition coefficient (Wildman–Crippen LogP) is 2.13. The highest BCUT2D eigenvalue weighted by Gasteiger charge is 2.38. The number of hydrogen-bond donors (Lipinski definition) is 1. The largest absolute Gasteiger partial charge is 0.242 e. The Hall–Kier alpha value is -0.550. The quantitative estimate of drug-likeness (QED) is 0.909. The highest BCUT2D eigenvalue weighted by atomic mass is 79.9. The Morgan fingerprint density at radius 2 is 2.28 bits per heavy atom. The van der Waals surface area contributed by atoms with Crippen LogP contribution in [-0.2, 0) is 10.0 Å². The summed E-state index contributed by atoms with van der Waals surface area (Å²) in [5.74, 6) is 1.30. The highest BCUT2D eigenvalue weighted by molar-refractivity contribution is 9.10. The molecule has 0 bridgehead atoms. The van der Waals surface area contributed by atoms with Gasteiger partial charge in [-0.2, -0.15) is 21.7 Å². The van der Waals surface area contributed by atoms with E-state index in [2.05, 4.69) is 26.7 Å². The van der Waals surface area contributed by atoms with Crippen LogP contribution < -0.4 is 4.72 Å². The predicted molar refractivity (Wildman–Crippen MR) is 74.7 cm³/mol. The number of nitriles is 1. The van der Waals surface area contributed by atoms with Crippen molar-refractivity contribution in [2.24, 2.45) is 0 Å². The average Bonchev–Trinajstić information content (AvgIpc) is 2.77. The molecule has 1 unspecified atom stereocenters. The van der Waals surface area contributed by atoms with Gasteiger partial charge < -0.3 is 0 Å². The van der Waals surface area contributed by atoms with Gasteiger partial charge >= 0.3 is 0 Å². The molecule has 0 saturated carbocycles. The molecule has 0 radical (unpaired) electrons. The zero-order chi connectivity index (χ0) is 13.2. The van der Waals surface area contributed by atoms with Gasteiger partial charge in [-0.05, 0) is 30.4 Å². The minimum atomic E-state index is -3.65. The first-order chi connectivity index (χ1) is 8.47. The molecular formula is C11H11BrN2O2S2. The van der Waals surface area contributed by atoms with Crippen LogP contribution in [0.25, 0.3) is 0 Å². The third-order valence-electron chi connectivity index (χ3n) is 2.67. The summed E-state index contributed by atoms with van der Waals surface area (Å²) in [5.41, 5.74) is -0.966. The molecule has 0 amide bonds. The van der Waals surface area contributed by atoms with Crippen molar-refractivity contribution in [1.82, 2.24) is 4.72 Å². The minimum absolute atomic E-state index is 0.170. The Morgan fingerprint density at radius 3 is 2.83 bits per heavy atom. The lowest BCUT2D eigenvalue weighted by molar-refractivity contribution is 0.515. The molecule has 1 aliphatic rings. The van der Waals surface area contributed by atoms with Crippen molar-refractivity contribution in [3.05, 3.63) is 28.7 Å². The van der Waals surface area contributed by atoms with Crippen LogP contribution >= 0.6 is 27.7 Å². The zero-order valence-electron chi connectivity index (χ0n) is 9.39. The summed E-state index contributed by atoms with van der Waals surface area (Å²) in [5, 5.41) is 9.18. The zero-order valence-corrected chi connectivity index (χ0v) is 12.6. The number of nitrogens with zero attached hydrogens (tertiary/aromatic N) is 1. The summed E-state index contributed by atoms with van der Waals surface area (Å²) in [6, 6.07) is 8.54. The van der Waals surface area contributed by atoms with Gasteiger partial charge in [-0.1, -0.05) is 22.0 Å². The van der Waals surface area contributed by atoms with Crippen LogP contribution in [0.15, 0.2) is 33.6 Å². The molecule has 1 saturated heterocycles. The van der Waals surface area contributed by atoms with Crippen molar-refractivity contribution in [2.45, 2.75) is 16.9 Å². The second-order valence-corrected chi connectivity index (χ2v) is 7.76. The summed E-state index contributed by atoms with van der Waals surface area (Å²) in [6.45, 7) is 0. The molecule has 1 N–H and O–H groups in total. The first-order valence-corrected chi connectivity index (χ1v) is 8.69. The topological polar surface area (TPSA) is 70.0 Å². The molecule has 0 aliphatic carbocycles. The fourth-order valence-corrected chi connectivity index (χ4v) is 5.01. The van der Waals surface area contributed by atoms with Crippen LogP contribution in [0.3, 0.4) is 0 Å². The standard InChI is InChI=1S/C11H11BrN2O2S2/c12-9-2-1-3-10(6-9)18(15,16)14-11(7-13)4-5-17-8-11/h1-3,6,14H,4-5,8H2. The molecule has 1 atom stereocenters. The lowest BCUT2D eigenvalue weighted by atomic mass is 10.0. The summed E-state index contributed by atoms with van der Waals surface area (Å²) in [7, 11) is -3.65. The molecule has 0 aromatic heterocycles. The van der Waals surface area contributed by atoms with Gasteiger partial charge in [0.15, 0.2) is 0 Å². The van der Waals surface area contributed by atoms with E-state index in [1.54, 1.807) is 23.9 Å². The number of halogens is 1. The fraction of sp³-hybridized carbons (Fsp3) is 0.364. The third kappa shape index (κ3) is 2.88. The van der Waals surface area contributed by atoms with E-state index in [0.717, 1.165) is 5.75 Å². The lowest BCUT2D eigenvalue weighted by Gasteiger charge is -2.21. The van der Waals surface area contributed by atoms with Crippen LogP contribution in [0.1, 0.15) is 6.42 Å². The van der Waals surface area contributed by atoms with E-state index >= 15 is 0 Å². The van der Waals surface area contributed by atoms with E-state index in [0.29, 0.717) is 16.6 Å². The van der Waals surface area contributed by atoms with Crippen molar-refractivity contribution >= 4 is 37.7 Å². The smallest absolute Gasteiger partial charge is 0.207 e. The van der Waals surface area contributed by atoms with Crippen LogP contribution in [0.5, 0.6) is 0 Å². The molecular weight excluding hydrogens is 336 g/mol. The van der Waals surface area contributed by atoms with Gasteiger partial charge in [-0.3, -0.25) is 0 Å². The number of nitrogens with one attached hydrogen (secondary N) is 1. The van der Waals surface area contributed by atoms with Gasteiger partial charge in [-0.15, -0.1) is 0 Å². The Balaban J connectivity index is 2.30. The maximum Gasteiger partial charge on any atom is 0.242 e. The monoisotopic (exact) mass is 346 g/mol. The number of hydrogen-bond acceptors (Lipinski definition) is 4. The molecule has 1 aromatic rings. The molecule has 96 valence electrons. The molecule has 4 nitrogen and oxygen atoms in total. The van der Waals surface area contributed by atoms with Gasteiger partial charge in [0.05, 0.1) is 11.0 Å². The highest BCUT2D eigenvalue weighted by Crippen LogP contribution is 2.29. The van der Waals surface area contributed by atoms with Crippen LogP contribution in [-0.4, -0.2) is 25.5 Å². The summed E-state index contributed by atoms with van der Waals surface area (Å²) in [6.07, 6.45) is 0.543. The number of rotatable bonds is 3. The first kappa shape index (κ1) is 13.9. The third-order valence-corrected chi connectivity index (χ3v) is 5.89. The van der Waals surface area contributed by atoms with Gasteiger partial charge in [0.2, 0.25) is 10.0 Å². The van der Waals surface area contributed by atoms with Crippen molar-refractivity contribution in [1.29, 1.82) is 5.26 Å². The molecule has 1 aliphatic heterocycles. The molecule has 0 spiro atoms. The lowest BCUT2D eigenvalue weighted by Crippen LogP contribution is -2.47. The van der Waals surface area contributed by atoms with E-state index in [9.17, 15) is 13.7 Å². The number of sulfonamides is 1. The summed E-state index contributed by atoms with van der Waals surface area (Å²) >= 11 is 4.82. The van der Waals surface area contributed by atoms with Gasteiger partial charge in [0.1, 0.15) is 5.54 Å². The summed E-state index contributed by atoms with van der Waals surface area (Å²) in [4.78, 5) is 0.170. The molecule has 7 heteroatoms. The second-order valence-electron chi connectivity index (χ2n) is 4.06. The van der Waals surface area contributed by atoms with Gasteiger partial charge in [0.25, 0.3) is 0 Å². The molecule has 1 aromatic carbocycles. The van der Waals surface area contributed by atoms with Crippen molar-refractivity contribution in [2.75, 3.05) is 11.5 Å². The van der Waals surface area contributed by atoms with E-state index in [4.69, 9.17) is 0 Å². The van der Waals surface area contributed by atoms with Crippen LogP contribution in [0, 0.1) is 11.3 Å². The van der Waals surface area contributed by atoms with Crippen LogP contribution in [0.2, 0.25) is 0 Å². The SMILES string of the molecule is N#CC1(NS(=O)(=O)c2cccc(Br)c2)CCSC1. The van der Waals surface area contributed by atoms with Gasteiger partial charge in [0, 0.05) is 10.2 Å². The number of thioether (sulfide) groups is 1. The normalized spacial score (nSPS) is 23.8. The van der Waals surface area contributed by atoms with Gasteiger partial charge in [-0.25, -0.2) is 8.42 Å². The maximum atomic E-state index is 12.2. The van der Waals surface area contributed by atoms with E-state index in [1.165, 1.54) is 12.1 Å². The molecule has 2 rings (SSSR count). The Bertz CT molecular complexity index is 589. The number of benzene rings is 1. The summed E-state index contributed by atoms with van der Waals surface area (Å²) < 4.78 is 27.6. The van der Waals surface area contributed by atoms with E-state index in [1.807, 2.05) is 0 Å².